The smallest absolute Gasteiger partial charge is 0.163 e. The molecule has 0 aliphatic heterocycles. The topological polar surface area (TPSA) is 34.0 Å². The molecule has 28 heavy (non-hydrogen) atoms. The molecule has 1 aliphatic carbocycles. The molecule has 3 aromatic rings. The summed E-state index contributed by atoms with van der Waals surface area (Å²) in [5, 5.41) is 4.11. The van der Waals surface area contributed by atoms with Gasteiger partial charge in [0.1, 0.15) is 5.82 Å². The van der Waals surface area contributed by atoms with Crippen LogP contribution >= 0.6 is 0 Å². The average molecular weight is 378 g/mol. The lowest BCUT2D eigenvalue weighted by atomic mass is 9.99. The molecule has 0 saturated carbocycles. The van der Waals surface area contributed by atoms with Gasteiger partial charge in [0.25, 0.3) is 0 Å². The zero-order chi connectivity index (χ0) is 20.1. The highest BCUT2D eigenvalue weighted by Gasteiger charge is 2.30. The third-order valence-electron chi connectivity index (χ3n) is 5.54. The van der Waals surface area contributed by atoms with Crippen molar-refractivity contribution >= 4 is 16.7 Å². The number of Topliss-reactive ketones (excluding diaryl/α,β-unsaturated/α-hetero) is 1. The van der Waals surface area contributed by atoms with Crippen molar-refractivity contribution in [1.82, 2.24) is 9.88 Å². The van der Waals surface area contributed by atoms with Crippen molar-refractivity contribution in [2.45, 2.75) is 52.1 Å². The van der Waals surface area contributed by atoms with Crippen molar-refractivity contribution in [3.05, 3.63) is 58.9 Å². The van der Waals surface area contributed by atoms with Crippen molar-refractivity contribution in [2.75, 3.05) is 7.05 Å². The Balaban J connectivity index is 2.08. The maximum absolute atomic E-state index is 14.5. The Hall–Kier alpha value is -2.46. The first kappa shape index (κ1) is 18.9. The molecule has 1 N–H and O–H groups in total. The summed E-state index contributed by atoms with van der Waals surface area (Å²) in [6.45, 7) is 7.22. The first-order valence-electron chi connectivity index (χ1n) is 9.95. The maximum Gasteiger partial charge on any atom is 0.163 e. The molecule has 0 fully saturated rings. The van der Waals surface area contributed by atoms with E-state index in [1.807, 2.05) is 7.05 Å². The van der Waals surface area contributed by atoms with Crippen LogP contribution in [0.4, 0.5) is 4.39 Å². The quantitative estimate of drug-likeness (QED) is 0.658. The molecule has 0 unspecified atom stereocenters. The van der Waals surface area contributed by atoms with E-state index >= 15 is 0 Å². The van der Waals surface area contributed by atoms with E-state index in [4.69, 9.17) is 0 Å². The van der Waals surface area contributed by atoms with Gasteiger partial charge < -0.3 is 9.88 Å². The number of carbonyl (C=O) groups is 1. The molecule has 2 aromatic carbocycles. The number of aryl methyl sites for hydroxylation is 1. The summed E-state index contributed by atoms with van der Waals surface area (Å²) in [6, 6.07) is 11.6. The predicted molar refractivity (Wildman–Crippen MR) is 112 cm³/mol. The van der Waals surface area contributed by atoms with Crippen LogP contribution in [0.3, 0.4) is 0 Å². The molecule has 146 valence electrons. The van der Waals surface area contributed by atoms with Gasteiger partial charge in [-0.05, 0) is 69.5 Å². The van der Waals surface area contributed by atoms with Crippen molar-refractivity contribution in [2.24, 2.45) is 0 Å². The summed E-state index contributed by atoms with van der Waals surface area (Å²) in [6.07, 6.45) is 2.10. The monoisotopic (exact) mass is 378 g/mol. The summed E-state index contributed by atoms with van der Waals surface area (Å²) in [5.41, 5.74) is 5.73. The van der Waals surface area contributed by atoms with Crippen LogP contribution in [0, 0.1) is 5.82 Å². The van der Waals surface area contributed by atoms with Crippen LogP contribution in [-0.4, -0.2) is 17.4 Å². The first-order valence-corrected chi connectivity index (χ1v) is 9.95. The Morgan fingerprint density at radius 3 is 2.46 bits per heavy atom. The van der Waals surface area contributed by atoms with Crippen molar-refractivity contribution in [1.29, 1.82) is 0 Å². The first-order chi connectivity index (χ1) is 13.3. The Bertz CT molecular complexity index is 1060. The summed E-state index contributed by atoms with van der Waals surface area (Å²) >= 11 is 0. The molecule has 0 spiro atoms. The predicted octanol–water partition coefficient (Wildman–Crippen LogP) is 5.44. The zero-order valence-corrected chi connectivity index (χ0v) is 17.0. The lowest BCUT2D eigenvalue weighted by Gasteiger charge is -2.27. The second kappa shape index (κ2) is 6.85. The highest BCUT2D eigenvalue weighted by molar-refractivity contribution is 6.11. The second-order valence-corrected chi connectivity index (χ2v) is 8.68. The lowest BCUT2D eigenvalue weighted by Crippen LogP contribution is -2.23. The number of ketones is 1. The van der Waals surface area contributed by atoms with Gasteiger partial charge in [0, 0.05) is 29.5 Å². The molecule has 0 atom stereocenters. The minimum atomic E-state index is -0.344. The number of aromatic nitrogens is 1. The minimum absolute atomic E-state index is 0.0465. The Morgan fingerprint density at radius 1 is 1.11 bits per heavy atom. The summed E-state index contributed by atoms with van der Waals surface area (Å²) in [7, 11) is 1.94. The van der Waals surface area contributed by atoms with Gasteiger partial charge >= 0.3 is 0 Å². The molecule has 1 heterocycles. The molecule has 1 aromatic heterocycles. The van der Waals surface area contributed by atoms with E-state index in [9.17, 15) is 9.18 Å². The van der Waals surface area contributed by atoms with E-state index in [1.54, 1.807) is 6.07 Å². The fourth-order valence-electron chi connectivity index (χ4n) is 4.47. The summed E-state index contributed by atoms with van der Waals surface area (Å²) < 4.78 is 16.7. The fraction of sp³-hybridized carbons (Fsp3) is 0.375. The number of carbonyl (C=O) groups excluding carboxylic acids is 1. The maximum atomic E-state index is 14.5. The number of benzene rings is 2. The number of rotatable bonds is 3. The molecular formula is C24H27FN2O. The van der Waals surface area contributed by atoms with Crippen LogP contribution in [-0.2, 0) is 18.5 Å². The highest BCUT2D eigenvalue weighted by atomic mass is 19.1. The third-order valence-corrected chi connectivity index (χ3v) is 5.54. The van der Waals surface area contributed by atoms with Gasteiger partial charge in [0.15, 0.2) is 5.78 Å². The number of hydrogen-bond donors (Lipinski definition) is 1. The van der Waals surface area contributed by atoms with Crippen molar-refractivity contribution in [3.8, 4) is 11.3 Å². The molecule has 0 radical (unpaired) electrons. The third kappa shape index (κ3) is 3.06. The number of nitrogens with zero attached hydrogens (tertiary/aromatic N) is 1. The normalized spacial score (nSPS) is 14.5. The van der Waals surface area contributed by atoms with Gasteiger partial charge in [0.2, 0.25) is 0 Å². The van der Waals surface area contributed by atoms with Crippen LogP contribution in [0.5, 0.6) is 0 Å². The molecule has 0 saturated heterocycles. The molecule has 0 amide bonds. The van der Waals surface area contributed by atoms with Gasteiger partial charge in [-0.15, -0.1) is 0 Å². The van der Waals surface area contributed by atoms with Crippen molar-refractivity contribution < 1.29 is 9.18 Å². The van der Waals surface area contributed by atoms with E-state index in [1.165, 1.54) is 17.2 Å². The van der Waals surface area contributed by atoms with Crippen LogP contribution in [0.2, 0.25) is 0 Å². The van der Waals surface area contributed by atoms with E-state index < -0.39 is 0 Å². The fourth-order valence-corrected chi connectivity index (χ4v) is 4.47. The number of nitrogens with one attached hydrogen (secondary N) is 1. The highest BCUT2D eigenvalue weighted by Crippen LogP contribution is 2.42. The van der Waals surface area contributed by atoms with E-state index in [0.717, 1.165) is 41.5 Å². The van der Waals surface area contributed by atoms with Crippen LogP contribution in [0.15, 0.2) is 36.4 Å². The molecule has 4 heteroatoms. The van der Waals surface area contributed by atoms with E-state index in [-0.39, 0.29) is 17.1 Å². The van der Waals surface area contributed by atoms with Gasteiger partial charge in [-0.2, -0.15) is 0 Å². The average Bonchev–Trinajstić information content (AvgIpc) is 2.86. The van der Waals surface area contributed by atoms with E-state index in [0.29, 0.717) is 12.0 Å². The lowest BCUT2D eigenvalue weighted by molar-refractivity contribution is 0.0982. The standard InChI is InChI=1S/C24H27FN2O/c1-24(2,3)27-20-13-17(25)12-19-21(28)7-5-6-18(22(19)20)23(27)16-10-8-15(9-11-16)14-26-4/h8-13,26H,5-7,14H2,1-4H3. The second-order valence-electron chi connectivity index (χ2n) is 8.68. The number of halogens is 1. The minimum Gasteiger partial charge on any atom is -0.335 e. The number of hydrogen-bond acceptors (Lipinski definition) is 2. The molecule has 4 rings (SSSR count). The Kier molecular flexibility index (Phi) is 4.62. The van der Waals surface area contributed by atoms with Gasteiger partial charge in [-0.3, -0.25) is 4.79 Å². The summed E-state index contributed by atoms with van der Waals surface area (Å²) in [4.78, 5) is 12.7. The van der Waals surface area contributed by atoms with Gasteiger partial charge in [-0.25, -0.2) is 4.39 Å². The zero-order valence-electron chi connectivity index (χ0n) is 17.0. The van der Waals surface area contributed by atoms with Crippen molar-refractivity contribution in [3.63, 3.8) is 0 Å². The molecule has 3 nitrogen and oxygen atoms in total. The van der Waals surface area contributed by atoms with E-state index in [2.05, 4.69) is 54.9 Å². The van der Waals surface area contributed by atoms with Crippen LogP contribution < -0.4 is 5.32 Å². The van der Waals surface area contributed by atoms with Gasteiger partial charge in [-0.1, -0.05) is 24.3 Å². The molecule has 0 bridgehead atoms. The SMILES string of the molecule is CNCc1ccc(-c2c3c4c(cc(F)cc4n2C(C)(C)C)C(=O)CCC3)cc1. The largest absolute Gasteiger partial charge is 0.335 e. The molecular weight excluding hydrogens is 351 g/mol. The Morgan fingerprint density at radius 2 is 1.82 bits per heavy atom. The molecule has 1 aliphatic rings. The Labute approximate surface area is 165 Å². The van der Waals surface area contributed by atoms with Crippen LogP contribution in [0.1, 0.15) is 55.1 Å². The summed E-state index contributed by atoms with van der Waals surface area (Å²) in [5.74, 6) is -0.298. The van der Waals surface area contributed by atoms with Gasteiger partial charge in [0.05, 0.1) is 11.2 Å². The van der Waals surface area contributed by atoms with Crippen LogP contribution in [0.25, 0.3) is 22.2 Å².